The molecular weight excluding hydrogens is 461 g/mol. The van der Waals surface area contributed by atoms with Crippen molar-refractivity contribution in [2.75, 3.05) is 0 Å². The number of alkyl halides is 6. The quantitative estimate of drug-likeness (QED) is 0.568. The van der Waals surface area contributed by atoms with Gasteiger partial charge in [-0.1, -0.05) is 6.07 Å². The second-order valence-corrected chi connectivity index (χ2v) is 7.36. The topological polar surface area (TPSA) is 84.3 Å². The van der Waals surface area contributed by atoms with E-state index in [1.807, 2.05) is 4.98 Å². The van der Waals surface area contributed by atoms with E-state index in [0.717, 1.165) is 6.07 Å². The largest absolute Gasteiger partial charge is 0.573 e. The summed E-state index contributed by atoms with van der Waals surface area (Å²) in [5, 5.41) is 9.13. The van der Waals surface area contributed by atoms with Crippen molar-refractivity contribution >= 4 is 21.6 Å². The van der Waals surface area contributed by atoms with Gasteiger partial charge in [-0.3, -0.25) is 14.3 Å². The van der Waals surface area contributed by atoms with E-state index < -0.39 is 48.0 Å². The maximum absolute atomic E-state index is 13.7. The normalized spacial score (nSPS) is 13.6. The Morgan fingerprint density at radius 1 is 1.19 bits per heavy atom. The summed E-state index contributed by atoms with van der Waals surface area (Å²) in [6.07, 6.45) is -13.1. The first-order valence-corrected chi connectivity index (χ1v) is 9.07. The monoisotopic (exact) mass is 472 g/mol. The minimum absolute atomic E-state index is 0.0332. The van der Waals surface area contributed by atoms with Crippen molar-refractivity contribution in [1.29, 1.82) is 0 Å². The number of ether oxygens (including phenoxy) is 1. The van der Waals surface area contributed by atoms with Crippen molar-refractivity contribution in [3.8, 4) is 16.2 Å². The van der Waals surface area contributed by atoms with Gasteiger partial charge in [0.1, 0.15) is 4.83 Å². The van der Waals surface area contributed by atoms with E-state index in [2.05, 4.69) is 4.74 Å². The maximum atomic E-state index is 13.7. The summed E-state index contributed by atoms with van der Waals surface area (Å²) in [4.78, 5) is 26.0. The van der Waals surface area contributed by atoms with Gasteiger partial charge in [-0.15, -0.1) is 24.5 Å². The number of hydrogen-bond donors (Lipinski definition) is 2. The van der Waals surface area contributed by atoms with Crippen LogP contribution in [0.25, 0.3) is 20.7 Å². The summed E-state index contributed by atoms with van der Waals surface area (Å²) < 4.78 is 93.5. The number of aliphatic hydroxyl groups is 1. The molecule has 2 N–H and O–H groups in total. The zero-order valence-electron chi connectivity index (χ0n) is 15.2. The van der Waals surface area contributed by atoms with Gasteiger partial charge in [0.2, 0.25) is 0 Å². The molecule has 168 valence electrons. The van der Waals surface area contributed by atoms with Gasteiger partial charge in [-0.25, -0.2) is 9.18 Å². The summed E-state index contributed by atoms with van der Waals surface area (Å²) >= 11 is 0.622. The van der Waals surface area contributed by atoms with E-state index in [1.165, 1.54) is 6.92 Å². The Morgan fingerprint density at radius 2 is 1.84 bits per heavy atom. The maximum Gasteiger partial charge on any atom is 0.573 e. The number of rotatable bonds is 4. The van der Waals surface area contributed by atoms with Crippen LogP contribution in [0, 0.1) is 12.7 Å². The molecule has 2 aromatic heterocycles. The average Bonchev–Trinajstić information content (AvgIpc) is 2.96. The summed E-state index contributed by atoms with van der Waals surface area (Å²) in [5.74, 6) is -2.47. The number of halogens is 7. The second kappa shape index (κ2) is 7.67. The predicted octanol–water partition coefficient (Wildman–Crippen LogP) is 3.69. The molecule has 0 fully saturated rings. The van der Waals surface area contributed by atoms with Crippen LogP contribution in [0.2, 0.25) is 0 Å². The predicted molar refractivity (Wildman–Crippen MR) is 95.6 cm³/mol. The van der Waals surface area contributed by atoms with E-state index in [9.17, 15) is 45.4 Å². The number of aromatic amines is 1. The van der Waals surface area contributed by atoms with Crippen molar-refractivity contribution in [3.63, 3.8) is 0 Å². The summed E-state index contributed by atoms with van der Waals surface area (Å²) in [6.45, 7) is 0.132. The molecule has 0 aliphatic rings. The Hall–Kier alpha value is -2.87. The molecule has 0 unspecified atom stereocenters. The van der Waals surface area contributed by atoms with Gasteiger partial charge in [0.05, 0.1) is 11.9 Å². The number of aromatic nitrogens is 2. The van der Waals surface area contributed by atoms with Gasteiger partial charge in [0.25, 0.3) is 5.56 Å². The third-order valence-electron chi connectivity index (χ3n) is 4.22. The Balaban J connectivity index is 2.21. The first kappa shape index (κ1) is 22.8. The fourth-order valence-electron chi connectivity index (χ4n) is 2.84. The van der Waals surface area contributed by atoms with E-state index in [1.54, 1.807) is 0 Å². The van der Waals surface area contributed by atoms with Crippen molar-refractivity contribution < 1.29 is 40.6 Å². The van der Waals surface area contributed by atoms with Crippen LogP contribution in [-0.2, 0) is 6.54 Å². The molecule has 0 aliphatic heterocycles. The molecule has 1 aromatic carbocycles. The molecule has 6 nitrogen and oxygen atoms in total. The van der Waals surface area contributed by atoms with Crippen LogP contribution in [-0.4, -0.2) is 33.3 Å². The average molecular weight is 472 g/mol. The Labute approximate surface area is 171 Å². The molecule has 3 aromatic rings. The lowest BCUT2D eigenvalue weighted by molar-refractivity contribution is -0.275. The molecule has 3 rings (SSSR count). The van der Waals surface area contributed by atoms with Crippen molar-refractivity contribution in [2.45, 2.75) is 32.1 Å². The van der Waals surface area contributed by atoms with Crippen LogP contribution in [0.4, 0.5) is 30.7 Å². The number of aryl methyl sites for hydroxylation is 1. The van der Waals surface area contributed by atoms with E-state index in [4.69, 9.17) is 0 Å². The molecule has 0 bridgehead atoms. The van der Waals surface area contributed by atoms with Crippen LogP contribution in [0.3, 0.4) is 0 Å². The van der Waals surface area contributed by atoms with Gasteiger partial charge in [-0.05, 0) is 30.2 Å². The number of benzene rings is 1. The second-order valence-electron chi connectivity index (χ2n) is 6.36. The van der Waals surface area contributed by atoms with Gasteiger partial charge in [0, 0.05) is 4.88 Å². The smallest absolute Gasteiger partial charge is 0.403 e. The highest BCUT2D eigenvalue weighted by molar-refractivity contribution is 7.22. The standard InChI is InChI=1S/C17H11F7N2O4S/c1-6-11-13(28)25-15(29)26(5-10(27)16(19,20)21)14(11)31-12(6)7-2-3-8(18)9(4-7)30-17(22,23)24/h2-4,10,27H,5H2,1H3,(H,25,28,29)/t10-/m1/s1. The molecule has 0 aliphatic carbocycles. The number of aliphatic hydroxyl groups excluding tert-OH is 1. The molecular formula is C17H11F7N2O4S. The number of nitrogens with zero attached hydrogens (tertiary/aromatic N) is 1. The zero-order valence-corrected chi connectivity index (χ0v) is 16.0. The fourth-order valence-corrected chi connectivity index (χ4v) is 4.15. The number of nitrogens with one attached hydrogen (secondary N) is 1. The fraction of sp³-hybridized carbons (Fsp3) is 0.294. The molecule has 0 radical (unpaired) electrons. The molecule has 14 heteroatoms. The molecule has 31 heavy (non-hydrogen) atoms. The van der Waals surface area contributed by atoms with Crippen LogP contribution >= 0.6 is 11.3 Å². The highest BCUT2D eigenvalue weighted by Crippen LogP contribution is 2.39. The van der Waals surface area contributed by atoms with E-state index >= 15 is 0 Å². The van der Waals surface area contributed by atoms with Crippen molar-refractivity contribution in [3.05, 3.63) is 50.4 Å². The molecule has 0 amide bonds. The summed E-state index contributed by atoms with van der Waals surface area (Å²) in [6, 6.07) is 2.48. The van der Waals surface area contributed by atoms with Gasteiger partial charge >= 0.3 is 18.2 Å². The third-order valence-corrected chi connectivity index (χ3v) is 5.58. The molecule has 0 saturated heterocycles. The minimum atomic E-state index is -5.18. The summed E-state index contributed by atoms with van der Waals surface area (Å²) in [5.41, 5.74) is -2.06. The number of thiophene rings is 1. The lowest BCUT2D eigenvalue weighted by atomic mass is 10.1. The molecule has 1 atom stereocenters. The van der Waals surface area contributed by atoms with Crippen LogP contribution in [0.1, 0.15) is 5.56 Å². The third kappa shape index (κ3) is 4.58. The first-order chi connectivity index (χ1) is 14.2. The molecule has 2 heterocycles. The van der Waals surface area contributed by atoms with Crippen molar-refractivity contribution in [1.82, 2.24) is 9.55 Å². The van der Waals surface area contributed by atoms with Crippen LogP contribution in [0.5, 0.6) is 5.75 Å². The SMILES string of the molecule is Cc1c(-c2ccc(F)c(OC(F)(F)F)c2)sc2c1c(=O)[nH]c(=O)n2C[C@@H](O)C(F)(F)F. The number of fused-ring (bicyclic) bond motifs is 1. The number of hydrogen-bond acceptors (Lipinski definition) is 5. The highest BCUT2D eigenvalue weighted by atomic mass is 32.1. The van der Waals surface area contributed by atoms with Gasteiger partial charge < -0.3 is 9.84 Å². The van der Waals surface area contributed by atoms with Gasteiger partial charge in [0.15, 0.2) is 17.7 Å². The summed E-state index contributed by atoms with van der Waals surface area (Å²) in [7, 11) is 0. The zero-order chi connectivity index (χ0) is 23.3. The Kier molecular flexibility index (Phi) is 5.65. The van der Waals surface area contributed by atoms with E-state index in [-0.39, 0.29) is 26.2 Å². The van der Waals surface area contributed by atoms with E-state index in [0.29, 0.717) is 28.0 Å². The molecule has 0 saturated carbocycles. The first-order valence-electron chi connectivity index (χ1n) is 8.25. The van der Waals surface area contributed by atoms with Gasteiger partial charge in [-0.2, -0.15) is 13.2 Å². The highest BCUT2D eigenvalue weighted by Gasteiger charge is 2.39. The van der Waals surface area contributed by atoms with Crippen LogP contribution in [0.15, 0.2) is 27.8 Å². The molecule has 0 spiro atoms. The Morgan fingerprint density at radius 3 is 2.42 bits per heavy atom. The van der Waals surface area contributed by atoms with Crippen molar-refractivity contribution in [2.24, 2.45) is 0 Å². The van der Waals surface area contributed by atoms with Crippen LogP contribution < -0.4 is 16.0 Å². The lowest BCUT2D eigenvalue weighted by Crippen LogP contribution is -2.38. The minimum Gasteiger partial charge on any atom is -0.403 e. The Bertz CT molecular complexity index is 1260. The lowest BCUT2D eigenvalue weighted by Gasteiger charge is -2.15. The number of H-pyrrole nitrogens is 1.